The van der Waals surface area contributed by atoms with Gasteiger partial charge >= 0.3 is 5.69 Å². The van der Waals surface area contributed by atoms with Crippen LogP contribution in [0.15, 0.2) is 12.1 Å². The van der Waals surface area contributed by atoms with Crippen LogP contribution >= 0.6 is 0 Å². The van der Waals surface area contributed by atoms with E-state index in [1.807, 2.05) is 6.92 Å². The summed E-state index contributed by atoms with van der Waals surface area (Å²) >= 11 is 0. The molecule has 1 aromatic heterocycles. The highest BCUT2D eigenvalue weighted by atomic mass is 16.6. The van der Waals surface area contributed by atoms with Crippen molar-refractivity contribution in [1.82, 2.24) is 4.98 Å². The molecule has 0 spiro atoms. The van der Waals surface area contributed by atoms with Gasteiger partial charge in [0.1, 0.15) is 5.82 Å². The lowest BCUT2D eigenvalue weighted by molar-refractivity contribution is -0.384. The Kier molecular flexibility index (Phi) is 5.15. The molecule has 0 unspecified atom stereocenters. The third kappa shape index (κ3) is 4.23. The number of nitrogens with zero attached hydrogens (tertiary/aromatic N) is 2. The predicted octanol–water partition coefficient (Wildman–Crippen LogP) is 1.41. The number of nitro groups is 1. The maximum absolute atomic E-state index is 10.5. The minimum Gasteiger partial charge on any atom is -0.382 e. The van der Waals surface area contributed by atoms with Crippen LogP contribution in [-0.2, 0) is 4.74 Å². The zero-order valence-corrected chi connectivity index (χ0v) is 9.68. The van der Waals surface area contributed by atoms with E-state index in [0.717, 1.165) is 6.42 Å². The normalized spacial score (nSPS) is 10.2. The number of nitrogen functional groups attached to an aromatic ring is 1. The van der Waals surface area contributed by atoms with E-state index in [0.29, 0.717) is 25.6 Å². The molecule has 7 heteroatoms. The zero-order valence-electron chi connectivity index (χ0n) is 9.68. The van der Waals surface area contributed by atoms with Gasteiger partial charge in [-0.05, 0) is 19.4 Å². The van der Waals surface area contributed by atoms with Gasteiger partial charge in [0.05, 0.1) is 4.92 Å². The molecule has 0 aromatic carbocycles. The summed E-state index contributed by atoms with van der Waals surface area (Å²) < 4.78 is 5.17. The SMILES string of the molecule is CCOCCCNc1ccc([N+](=O)[O-])c(N)n1. The van der Waals surface area contributed by atoms with E-state index in [4.69, 9.17) is 10.5 Å². The van der Waals surface area contributed by atoms with Crippen molar-refractivity contribution in [1.29, 1.82) is 0 Å². The van der Waals surface area contributed by atoms with Crippen molar-refractivity contribution in [2.24, 2.45) is 0 Å². The maximum atomic E-state index is 10.5. The Hall–Kier alpha value is -1.89. The Labute approximate surface area is 99.1 Å². The average Bonchev–Trinajstić information content (AvgIpc) is 2.28. The number of hydrogen-bond acceptors (Lipinski definition) is 6. The summed E-state index contributed by atoms with van der Waals surface area (Å²) in [7, 11) is 0. The lowest BCUT2D eigenvalue weighted by Gasteiger charge is -2.06. The van der Waals surface area contributed by atoms with E-state index < -0.39 is 4.92 Å². The quantitative estimate of drug-likeness (QED) is 0.424. The van der Waals surface area contributed by atoms with Crippen LogP contribution < -0.4 is 11.1 Å². The fourth-order valence-corrected chi connectivity index (χ4v) is 1.26. The highest BCUT2D eigenvalue weighted by molar-refractivity contribution is 5.57. The number of ether oxygens (including phenoxy) is 1. The molecule has 0 radical (unpaired) electrons. The van der Waals surface area contributed by atoms with Crippen LogP contribution in [0.4, 0.5) is 17.3 Å². The van der Waals surface area contributed by atoms with Crippen molar-refractivity contribution in [3.8, 4) is 0 Å². The molecule has 0 aliphatic rings. The predicted molar refractivity (Wildman–Crippen MR) is 64.9 cm³/mol. The van der Waals surface area contributed by atoms with Crippen molar-refractivity contribution in [2.45, 2.75) is 13.3 Å². The second-order valence-electron chi connectivity index (χ2n) is 3.34. The summed E-state index contributed by atoms with van der Waals surface area (Å²) in [5.41, 5.74) is 5.28. The van der Waals surface area contributed by atoms with Crippen molar-refractivity contribution >= 4 is 17.3 Å². The molecule has 0 saturated heterocycles. The van der Waals surface area contributed by atoms with Crippen LogP contribution in [-0.4, -0.2) is 29.7 Å². The summed E-state index contributed by atoms with van der Waals surface area (Å²) in [4.78, 5) is 13.9. The molecule has 1 heterocycles. The number of hydrogen-bond donors (Lipinski definition) is 2. The maximum Gasteiger partial charge on any atom is 0.311 e. The first-order chi connectivity index (χ1) is 8.15. The fraction of sp³-hybridized carbons (Fsp3) is 0.500. The smallest absolute Gasteiger partial charge is 0.311 e. The van der Waals surface area contributed by atoms with E-state index in [2.05, 4.69) is 10.3 Å². The highest BCUT2D eigenvalue weighted by Crippen LogP contribution is 2.20. The lowest BCUT2D eigenvalue weighted by atomic mass is 10.3. The molecule has 0 amide bonds. The van der Waals surface area contributed by atoms with Crippen LogP contribution in [0.2, 0.25) is 0 Å². The van der Waals surface area contributed by atoms with E-state index in [-0.39, 0.29) is 11.5 Å². The molecule has 0 aliphatic heterocycles. The molecule has 1 aromatic rings. The van der Waals surface area contributed by atoms with E-state index in [1.54, 1.807) is 0 Å². The largest absolute Gasteiger partial charge is 0.382 e. The monoisotopic (exact) mass is 240 g/mol. The van der Waals surface area contributed by atoms with Crippen LogP contribution in [0.5, 0.6) is 0 Å². The van der Waals surface area contributed by atoms with Crippen LogP contribution in [0, 0.1) is 10.1 Å². The molecule has 0 aliphatic carbocycles. The van der Waals surface area contributed by atoms with Gasteiger partial charge in [-0.1, -0.05) is 0 Å². The topological polar surface area (TPSA) is 103 Å². The summed E-state index contributed by atoms with van der Waals surface area (Å²) in [6.07, 6.45) is 0.840. The van der Waals surface area contributed by atoms with Gasteiger partial charge in [-0.15, -0.1) is 0 Å². The third-order valence-electron chi connectivity index (χ3n) is 2.07. The molecular formula is C10H16N4O3. The molecule has 1 rings (SSSR count). The van der Waals surface area contributed by atoms with Gasteiger partial charge in [0, 0.05) is 25.8 Å². The van der Waals surface area contributed by atoms with E-state index in [9.17, 15) is 10.1 Å². The molecule has 3 N–H and O–H groups in total. The number of nitrogens with one attached hydrogen (secondary N) is 1. The second-order valence-corrected chi connectivity index (χ2v) is 3.34. The Morgan fingerprint density at radius 1 is 1.59 bits per heavy atom. The van der Waals surface area contributed by atoms with Crippen LogP contribution in [0.3, 0.4) is 0 Å². The number of nitrogens with two attached hydrogens (primary N) is 1. The van der Waals surface area contributed by atoms with Gasteiger partial charge in [0.2, 0.25) is 5.82 Å². The van der Waals surface area contributed by atoms with Crippen LogP contribution in [0.25, 0.3) is 0 Å². The Bertz CT molecular complexity index is 384. The Balaban J connectivity index is 2.45. The van der Waals surface area contributed by atoms with Crippen molar-refractivity contribution in [2.75, 3.05) is 30.8 Å². The first-order valence-corrected chi connectivity index (χ1v) is 5.37. The molecule has 0 bridgehead atoms. The van der Waals surface area contributed by atoms with Crippen molar-refractivity contribution in [3.63, 3.8) is 0 Å². The zero-order chi connectivity index (χ0) is 12.7. The lowest BCUT2D eigenvalue weighted by Crippen LogP contribution is -2.08. The van der Waals surface area contributed by atoms with Crippen molar-refractivity contribution in [3.05, 3.63) is 22.2 Å². The molecule has 0 atom stereocenters. The Morgan fingerprint density at radius 3 is 2.94 bits per heavy atom. The first-order valence-electron chi connectivity index (χ1n) is 5.37. The highest BCUT2D eigenvalue weighted by Gasteiger charge is 2.12. The summed E-state index contributed by atoms with van der Waals surface area (Å²) in [5, 5.41) is 13.5. The number of rotatable bonds is 7. The molecule has 0 saturated carbocycles. The molecule has 94 valence electrons. The van der Waals surface area contributed by atoms with Crippen LogP contribution in [0.1, 0.15) is 13.3 Å². The van der Waals surface area contributed by atoms with Gasteiger partial charge in [0.25, 0.3) is 0 Å². The minimum atomic E-state index is -0.554. The Morgan fingerprint density at radius 2 is 2.35 bits per heavy atom. The summed E-state index contributed by atoms with van der Waals surface area (Å²) in [6, 6.07) is 2.88. The van der Waals surface area contributed by atoms with Crippen molar-refractivity contribution < 1.29 is 9.66 Å². The van der Waals surface area contributed by atoms with E-state index >= 15 is 0 Å². The third-order valence-corrected chi connectivity index (χ3v) is 2.07. The minimum absolute atomic E-state index is 0.0789. The second kappa shape index (κ2) is 6.64. The standard InChI is InChI=1S/C10H16N4O3/c1-2-17-7-3-6-12-9-5-4-8(14(15)16)10(11)13-9/h4-5H,2-3,6-7H2,1H3,(H3,11,12,13). The van der Waals surface area contributed by atoms with E-state index in [1.165, 1.54) is 12.1 Å². The summed E-state index contributed by atoms with van der Waals surface area (Å²) in [5.74, 6) is 0.453. The van der Waals surface area contributed by atoms with Gasteiger partial charge in [0.15, 0.2) is 0 Å². The van der Waals surface area contributed by atoms with Gasteiger partial charge in [-0.25, -0.2) is 4.98 Å². The molecule has 7 nitrogen and oxygen atoms in total. The number of aromatic nitrogens is 1. The van der Waals surface area contributed by atoms with Gasteiger partial charge in [-0.3, -0.25) is 10.1 Å². The molecular weight excluding hydrogens is 224 g/mol. The number of pyridine rings is 1. The summed E-state index contributed by atoms with van der Waals surface area (Å²) in [6.45, 7) is 3.99. The molecule has 0 fully saturated rings. The average molecular weight is 240 g/mol. The number of anilines is 2. The van der Waals surface area contributed by atoms with Gasteiger partial charge < -0.3 is 15.8 Å². The molecule has 17 heavy (non-hydrogen) atoms. The van der Waals surface area contributed by atoms with Gasteiger partial charge in [-0.2, -0.15) is 0 Å². The fourth-order valence-electron chi connectivity index (χ4n) is 1.26. The first kappa shape index (κ1) is 13.2.